The summed E-state index contributed by atoms with van der Waals surface area (Å²) in [5, 5.41) is 0. The number of benzene rings is 2. The Balaban J connectivity index is 2.05. The topological polar surface area (TPSA) is 18.5 Å². The molecule has 0 aliphatic carbocycles. The fourth-order valence-corrected chi connectivity index (χ4v) is 2.80. The number of methoxy groups -OCH3 is 2. The molecule has 0 radical (unpaired) electrons. The van der Waals surface area contributed by atoms with Crippen molar-refractivity contribution in [1.29, 1.82) is 0 Å². The van der Waals surface area contributed by atoms with Crippen LogP contribution in [0.1, 0.15) is 11.1 Å². The Bertz CT molecular complexity index is 549. The number of hydrogen-bond donors (Lipinski definition) is 0. The van der Waals surface area contributed by atoms with E-state index in [1.165, 1.54) is 16.0 Å². The molecule has 0 saturated heterocycles. The molecule has 20 heavy (non-hydrogen) atoms. The van der Waals surface area contributed by atoms with Crippen LogP contribution in [0.15, 0.2) is 47.4 Å². The first-order valence-corrected chi connectivity index (χ1v) is 7.83. The third-order valence-corrected chi connectivity index (χ3v) is 4.16. The van der Waals surface area contributed by atoms with Gasteiger partial charge in [0.05, 0.1) is 14.2 Å². The van der Waals surface area contributed by atoms with E-state index >= 15 is 0 Å². The van der Waals surface area contributed by atoms with Gasteiger partial charge in [0.2, 0.25) is 0 Å². The summed E-state index contributed by atoms with van der Waals surface area (Å²) in [6, 6.07) is 14.6. The van der Waals surface area contributed by atoms with E-state index in [0.29, 0.717) is 0 Å². The van der Waals surface area contributed by atoms with Gasteiger partial charge < -0.3 is 9.47 Å². The van der Waals surface area contributed by atoms with Crippen LogP contribution in [0, 0.1) is 0 Å². The fourth-order valence-electron chi connectivity index (χ4n) is 2.13. The molecule has 0 fully saturated rings. The predicted octanol–water partition coefficient (Wildman–Crippen LogP) is 4.21. The lowest BCUT2D eigenvalue weighted by Crippen LogP contribution is -1.95. The van der Waals surface area contributed by atoms with E-state index in [1.54, 1.807) is 26.0 Å². The average Bonchev–Trinajstić information content (AvgIpc) is 2.53. The zero-order chi connectivity index (χ0) is 14.4. The van der Waals surface area contributed by atoms with Gasteiger partial charge in [-0.25, -0.2) is 0 Å². The van der Waals surface area contributed by atoms with Crippen LogP contribution in [0.5, 0.6) is 11.5 Å². The summed E-state index contributed by atoms with van der Waals surface area (Å²) >= 11 is 1.77. The second-order valence-corrected chi connectivity index (χ2v) is 5.37. The number of rotatable bonds is 6. The Morgan fingerprint density at radius 2 is 1.50 bits per heavy atom. The van der Waals surface area contributed by atoms with Gasteiger partial charge in [0.1, 0.15) is 11.5 Å². The van der Waals surface area contributed by atoms with Crippen molar-refractivity contribution < 1.29 is 9.47 Å². The van der Waals surface area contributed by atoms with E-state index < -0.39 is 0 Å². The van der Waals surface area contributed by atoms with Gasteiger partial charge in [0.25, 0.3) is 0 Å². The second kappa shape index (κ2) is 7.25. The highest BCUT2D eigenvalue weighted by Crippen LogP contribution is 2.26. The summed E-state index contributed by atoms with van der Waals surface area (Å²) in [5.41, 5.74) is 2.70. The van der Waals surface area contributed by atoms with Gasteiger partial charge >= 0.3 is 0 Å². The Kier molecular flexibility index (Phi) is 5.36. The molecule has 0 bridgehead atoms. The van der Waals surface area contributed by atoms with Crippen molar-refractivity contribution in [1.82, 2.24) is 0 Å². The maximum absolute atomic E-state index is 5.27. The van der Waals surface area contributed by atoms with Crippen LogP contribution < -0.4 is 9.47 Å². The molecule has 2 nitrogen and oxygen atoms in total. The van der Waals surface area contributed by atoms with E-state index in [1.807, 2.05) is 18.2 Å². The maximum Gasteiger partial charge on any atom is 0.119 e. The molecule has 106 valence electrons. The smallest absolute Gasteiger partial charge is 0.119 e. The summed E-state index contributed by atoms with van der Waals surface area (Å²) in [4.78, 5) is 1.29. The van der Waals surface area contributed by atoms with Crippen LogP contribution in [0.25, 0.3) is 0 Å². The summed E-state index contributed by atoms with van der Waals surface area (Å²) in [5.74, 6) is 1.82. The van der Waals surface area contributed by atoms with Crippen molar-refractivity contribution in [3.63, 3.8) is 0 Å². The third-order valence-electron chi connectivity index (χ3n) is 3.34. The molecule has 0 saturated carbocycles. The SMILES string of the molecule is COc1ccc(CCc2ccc(OC)cc2SC)cc1. The Morgan fingerprint density at radius 3 is 2.10 bits per heavy atom. The second-order valence-electron chi connectivity index (χ2n) is 4.53. The monoisotopic (exact) mass is 288 g/mol. The van der Waals surface area contributed by atoms with Crippen LogP contribution in [-0.4, -0.2) is 20.5 Å². The Hall–Kier alpha value is -1.61. The molecule has 0 heterocycles. The molecular formula is C17H20O2S. The summed E-state index contributed by atoms with van der Waals surface area (Å²) in [7, 11) is 3.40. The highest BCUT2D eigenvalue weighted by Gasteiger charge is 2.04. The third kappa shape index (κ3) is 3.70. The van der Waals surface area contributed by atoms with Gasteiger partial charge in [-0.1, -0.05) is 18.2 Å². The predicted molar refractivity (Wildman–Crippen MR) is 85.2 cm³/mol. The molecule has 0 unspecified atom stereocenters. The van der Waals surface area contributed by atoms with Crippen molar-refractivity contribution in [3.8, 4) is 11.5 Å². The first-order valence-electron chi connectivity index (χ1n) is 6.60. The number of aryl methyl sites for hydroxylation is 2. The molecule has 0 spiro atoms. The number of hydrogen-bond acceptors (Lipinski definition) is 3. The zero-order valence-electron chi connectivity index (χ0n) is 12.2. The van der Waals surface area contributed by atoms with E-state index in [0.717, 1.165) is 24.3 Å². The van der Waals surface area contributed by atoms with Crippen molar-refractivity contribution in [2.75, 3.05) is 20.5 Å². The lowest BCUT2D eigenvalue weighted by molar-refractivity contribution is 0.413. The van der Waals surface area contributed by atoms with Gasteiger partial charge in [-0.2, -0.15) is 0 Å². The minimum absolute atomic E-state index is 0.906. The van der Waals surface area contributed by atoms with E-state index in [4.69, 9.17) is 9.47 Å². The van der Waals surface area contributed by atoms with Crippen LogP contribution in [-0.2, 0) is 12.8 Å². The summed E-state index contributed by atoms with van der Waals surface area (Å²) < 4.78 is 10.4. The van der Waals surface area contributed by atoms with Gasteiger partial charge in [0, 0.05) is 4.90 Å². The lowest BCUT2D eigenvalue weighted by atomic mass is 10.0. The highest BCUT2D eigenvalue weighted by molar-refractivity contribution is 7.98. The molecule has 3 heteroatoms. The molecule has 0 aliphatic heterocycles. The first kappa shape index (κ1) is 14.8. The Labute approximate surface area is 125 Å². The quantitative estimate of drug-likeness (QED) is 0.742. The van der Waals surface area contributed by atoms with E-state index in [9.17, 15) is 0 Å². The molecule has 2 rings (SSSR count). The molecule has 0 aromatic heterocycles. The maximum atomic E-state index is 5.27. The van der Waals surface area contributed by atoms with Crippen molar-refractivity contribution >= 4 is 11.8 Å². The van der Waals surface area contributed by atoms with Gasteiger partial charge in [0.15, 0.2) is 0 Å². The minimum atomic E-state index is 0.906. The molecule has 0 N–H and O–H groups in total. The highest BCUT2D eigenvalue weighted by atomic mass is 32.2. The van der Waals surface area contributed by atoms with Crippen LogP contribution >= 0.6 is 11.8 Å². The van der Waals surface area contributed by atoms with Crippen molar-refractivity contribution in [3.05, 3.63) is 53.6 Å². The first-order chi connectivity index (χ1) is 9.76. The van der Waals surface area contributed by atoms with Gasteiger partial charge in [-0.15, -0.1) is 11.8 Å². The van der Waals surface area contributed by atoms with Crippen molar-refractivity contribution in [2.45, 2.75) is 17.7 Å². The Morgan fingerprint density at radius 1 is 0.850 bits per heavy atom. The zero-order valence-corrected chi connectivity index (χ0v) is 13.0. The standard InChI is InChI=1S/C17H20O2S/c1-18-15-9-5-13(6-10-15)4-7-14-8-11-16(19-2)12-17(14)20-3/h5-6,8-12H,4,7H2,1-3H3. The van der Waals surface area contributed by atoms with Gasteiger partial charge in [-0.3, -0.25) is 0 Å². The molecule has 2 aromatic carbocycles. The van der Waals surface area contributed by atoms with Crippen LogP contribution in [0.2, 0.25) is 0 Å². The van der Waals surface area contributed by atoms with E-state index in [-0.39, 0.29) is 0 Å². The number of ether oxygens (including phenoxy) is 2. The summed E-state index contributed by atoms with van der Waals surface area (Å²) in [6.45, 7) is 0. The van der Waals surface area contributed by atoms with Gasteiger partial charge in [-0.05, 0) is 54.5 Å². The molecule has 0 aliphatic rings. The fraction of sp³-hybridized carbons (Fsp3) is 0.294. The molecule has 2 aromatic rings. The van der Waals surface area contributed by atoms with Crippen molar-refractivity contribution in [2.24, 2.45) is 0 Å². The summed E-state index contributed by atoms with van der Waals surface area (Å²) in [6.07, 6.45) is 4.17. The molecular weight excluding hydrogens is 268 g/mol. The van der Waals surface area contributed by atoms with Crippen LogP contribution in [0.3, 0.4) is 0 Å². The largest absolute Gasteiger partial charge is 0.497 e. The normalized spacial score (nSPS) is 10.3. The molecule has 0 atom stereocenters. The lowest BCUT2D eigenvalue weighted by Gasteiger charge is -2.10. The average molecular weight is 288 g/mol. The van der Waals surface area contributed by atoms with Crippen LogP contribution in [0.4, 0.5) is 0 Å². The van der Waals surface area contributed by atoms with E-state index in [2.05, 4.69) is 30.5 Å². The minimum Gasteiger partial charge on any atom is -0.497 e. The number of thioether (sulfide) groups is 1. The molecule has 0 amide bonds.